The van der Waals surface area contributed by atoms with Gasteiger partial charge in [0.25, 0.3) is 0 Å². The Morgan fingerprint density at radius 3 is 2.64 bits per heavy atom. The van der Waals surface area contributed by atoms with Crippen molar-refractivity contribution < 1.29 is 0 Å². The van der Waals surface area contributed by atoms with Gasteiger partial charge in [0.15, 0.2) is 0 Å². The third-order valence-electron chi connectivity index (χ3n) is 8.31. The van der Waals surface area contributed by atoms with Crippen LogP contribution in [0.3, 0.4) is 0 Å². The summed E-state index contributed by atoms with van der Waals surface area (Å²) in [6.45, 7) is 12.3. The summed E-state index contributed by atoms with van der Waals surface area (Å²) in [5, 5.41) is 0. The van der Waals surface area contributed by atoms with Crippen molar-refractivity contribution in [2.45, 2.75) is 98.4 Å². The molecular formula is C24H41N. The number of nitrogens with two attached hydrogens (primary N) is 1. The molecule has 25 heavy (non-hydrogen) atoms. The topological polar surface area (TPSA) is 26.0 Å². The Morgan fingerprint density at radius 2 is 1.92 bits per heavy atom. The summed E-state index contributed by atoms with van der Waals surface area (Å²) < 4.78 is 0. The molecule has 3 aliphatic rings. The van der Waals surface area contributed by atoms with E-state index >= 15 is 0 Å². The molecule has 0 aromatic heterocycles. The summed E-state index contributed by atoms with van der Waals surface area (Å²) in [6, 6.07) is 0.399. The lowest BCUT2D eigenvalue weighted by Gasteiger charge is -2.42. The van der Waals surface area contributed by atoms with Gasteiger partial charge in [0.2, 0.25) is 0 Å². The van der Waals surface area contributed by atoms with Crippen LogP contribution in [-0.4, -0.2) is 6.04 Å². The normalized spacial score (nSPS) is 41.9. The van der Waals surface area contributed by atoms with Crippen LogP contribution in [0.2, 0.25) is 0 Å². The van der Waals surface area contributed by atoms with Crippen LogP contribution in [0.15, 0.2) is 22.8 Å². The molecule has 0 saturated heterocycles. The fraction of sp³-hybridized carbons (Fsp3) is 0.833. The van der Waals surface area contributed by atoms with Crippen LogP contribution in [-0.2, 0) is 0 Å². The summed E-state index contributed by atoms with van der Waals surface area (Å²) in [6.07, 6.45) is 14.3. The Balaban J connectivity index is 1.85. The molecule has 1 nitrogen and oxygen atoms in total. The first-order valence-electron chi connectivity index (χ1n) is 11.0. The average molecular weight is 344 g/mol. The minimum Gasteiger partial charge on any atom is -0.327 e. The van der Waals surface area contributed by atoms with E-state index in [4.69, 9.17) is 5.73 Å². The first-order chi connectivity index (χ1) is 11.9. The Kier molecular flexibility index (Phi) is 5.83. The van der Waals surface area contributed by atoms with Crippen LogP contribution in [0.5, 0.6) is 0 Å². The van der Waals surface area contributed by atoms with Crippen molar-refractivity contribution in [2.75, 3.05) is 0 Å². The Hall–Kier alpha value is -0.560. The lowest BCUT2D eigenvalue weighted by Crippen LogP contribution is -2.32. The van der Waals surface area contributed by atoms with E-state index in [9.17, 15) is 0 Å². The molecule has 2 saturated carbocycles. The maximum atomic E-state index is 6.24. The minimum atomic E-state index is 0.399. The summed E-state index contributed by atoms with van der Waals surface area (Å²) in [5.41, 5.74) is 12.0. The largest absolute Gasteiger partial charge is 0.327 e. The SMILES string of the molecule is CCC(C)C1CCC2=C(C/C=C3/CC(N)CCC3C)C(C)CCC21C. The van der Waals surface area contributed by atoms with Gasteiger partial charge in [0.05, 0.1) is 0 Å². The molecule has 142 valence electrons. The van der Waals surface area contributed by atoms with Crippen molar-refractivity contribution in [1.29, 1.82) is 0 Å². The molecule has 0 radical (unpaired) electrons. The number of rotatable bonds is 4. The molecule has 0 amide bonds. The Labute approximate surface area is 156 Å². The molecule has 1 heteroatoms. The van der Waals surface area contributed by atoms with Crippen LogP contribution in [0, 0.1) is 29.1 Å². The molecule has 3 aliphatic carbocycles. The van der Waals surface area contributed by atoms with Gasteiger partial charge in [0.1, 0.15) is 0 Å². The van der Waals surface area contributed by atoms with Gasteiger partial charge in [-0.05, 0) is 80.5 Å². The first kappa shape index (κ1) is 19.2. The molecule has 3 rings (SSSR count). The van der Waals surface area contributed by atoms with Crippen LogP contribution in [0.1, 0.15) is 92.4 Å². The predicted octanol–water partition coefficient (Wildman–Crippen LogP) is 6.64. The summed E-state index contributed by atoms with van der Waals surface area (Å²) in [5.74, 6) is 3.30. The molecular weight excluding hydrogens is 302 g/mol. The monoisotopic (exact) mass is 343 g/mol. The maximum absolute atomic E-state index is 6.24. The molecule has 0 aromatic rings. The lowest BCUT2D eigenvalue weighted by molar-refractivity contribution is 0.160. The second kappa shape index (κ2) is 7.59. The summed E-state index contributed by atoms with van der Waals surface area (Å²) >= 11 is 0. The van der Waals surface area contributed by atoms with E-state index in [1.54, 1.807) is 11.1 Å². The third-order valence-corrected chi connectivity index (χ3v) is 8.31. The summed E-state index contributed by atoms with van der Waals surface area (Å²) in [4.78, 5) is 0. The zero-order valence-corrected chi connectivity index (χ0v) is 17.4. The van der Waals surface area contributed by atoms with Gasteiger partial charge < -0.3 is 5.73 Å². The molecule has 2 fully saturated rings. The quantitative estimate of drug-likeness (QED) is 0.569. The highest BCUT2D eigenvalue weighted by Crippen LogP contribution is 2.59. The number of fused-ring (bicyclic) bond motifs is 1. The van der Waals surface area contributed by atoms with Crippen LogP contribution >= 0.6 is 0 Å². The molecule has 2 N–H and O–H groups in total. The second-order valence-electron chi connectivity index (χ2n) is 9.82. The van der Waals surface area contributed by atoms with Crippen molar-refractivity contribution in [2.24, 2.45) is 34.8 Å². The summed E-state index contributed by atoms with van der Waals surface area (Å²) in [7, 11) is 0. The molecule has 0 aliphatic heterocycles. The fourth-order valence-corrected chi connectivity index (χ4v) is 6.28. The van der Waals surface area contributed by atoms with Gasteiger partial charge in [-0.3, -0.25) is 0 Å². The van der Waals surface area contributed by atoms with Gasteiger partial charge in [-0.25, -0.2) is 0 Å². The molecule has 0 heterocycles. The highest BCUT2D eigenvalue weighted by molar-refractivity contribution is 5.33. The molecule has 6 unspecified atom stereocenters. The van der Waals surface area contributed by atoms with E-state index in [2.05, 4.69) is 40.7 Å². The number of hydrogen-bond acceptors (Lipinski definition) is 1. The van der Waals surface area contributed by atoms with Crippen molar-refractivity contribution >= 4 is 0 Å². The number of allylic oxidation sites excluding steroid dienone is 3. The molecule has 0 spiro atoms. The van der Waals surface area contributed by atoms with Crippen LogP contribution in [0.4, 0.5) is 0 Å². The van der Waals surface area contributed by atoms with Crippen molar-refractivity contribution in [1.82, 2.24) is 0 Å². The fourth-order valence-electron chi connectivity index (χ4n) is 6.28. The Morgan fingerprint density at radius 1 is 1.16 bits per heavy atom. The van der Waals surface area contributed by atoms with E-state index in [0.29, 0.717) is 11.5 Å². The minimum absolute atomic E-state index is 0.399. The van der Waals surface area contributed by atoms with Crippen molar-refractivity contribution in [3.8, 4) is 0 Å². The van der Waals surface area contributed by atoms with Gasteiger partial charge >= 0.3 is 0 Å². The van der Waals surface area contributed by atoms with E-state index in [1.165, 1.54) is 51.4 Å². The van der Waals surface area contributed by atoms with E-state index in [-0.39, 0.29) is 0 Å². The van der Waals surface area contributed by atoms with Crippen LogP contribution in [0.25, 0.3) is 0 Å². The highest BCUT2D eigenvalue weighted by atomic mass is 14.6. The zero-order chi connectivity index (χ0) is 18.2. The smallest absolute Gasteiger partial charge is 0.00763 e. The third kappa shape index (κ3) is 3.64. The Bertz CT molecular complexity index is 542. The van der Waals surface area contributed by atoms with Crippen molar-refractivity contribution in [3.05, 3.63) is 22.8 Å². The van der Waals surface area contributed by atoms with Crippen molar-refractivity contribution in [3.63, 3.8) is 0 Å². The van der Waals surface area contributed by atoms with Gasteiger partial charge in [0, 0.05) is 6.04 Å². The zero-order valence-electron chi connectivity index (χ0n) is 17.4. The van der Waals surface area contributed by atoms with Crippen LogP contribution < -0.4 is 5.73 Å². The maximum Gasteiger partial charge on any atom is 0.00763 e. The molecule has 6 atom stereocenters. The van der Waals surface area contributed by atoms with Gasteiger partial charge in [-0.2, -0.15) is 0 Å². The van der Waals surface area contributed by atoms with E-state index in [0.717, 1.165) is 30.1 Å². The molecule has 0 aromatic carbocycles. The molecule has 0 bridgehead atoms. The standard InChI is InChI=1S/C24H41N/c1-6-16(2)22-11-12-23-21(18(4)13-14-24(22,23)5)10-8-19-15-20(25)9-7-17(19)3/h8,16-18,20,22H,6-7,9-15,25H2,1-5H3/b19-8-. The number of hydrogen-bond donors (Lipinski definition) is 1. The van der Waals surface area contributed by atoms with Gasteiger partial charge in [-0.1, -0.05) is 63.8 Å². The highest BCUT2D eigenvalue weighted by Gasteiger charge is 2.47. The van der Waals surface area contributed by atoms with E-state index in [1.807, 2.05) is 5.57 Å². The predicted molar refractivity (Wildman–Crippen MR) is 109 cm³/mol. The van der Waals surface area contributed by atoms with E-state index < -0.39 is 0 Å². The average Bonchev–Trinajstić information content (AvgIpc) is 2.94. The second-order valence-corrected chi connectivity index (χ2v) is 9.82. The van der Waals surface area contributed by atoms with Gasteiger partial charge in [-0.15, -0.1) is 0 Å². The first-order valence-corrected chi connectivity index (χ1v) is 11.0. The lowest BCUT2D eigenvalue weighted by atomic mass is 9.62.